The molecule has 3 saturated carbocycles. The van der Waals surface area contributed by atoms with Crippen molar-refractivity contribution in [3.05, 3.63) is 0 Å². The van der Waals surface area contributed by atoms with Gasteiger partial charge in [0, 0.05) is 17.3 Å². The second-order valence-electron chi connectivity index (χ2n) is 5.55. The highest BCUT2D eigenvalue weighted by Gasteiger charge is 2.44. The largest absolute Gasteiger partial charge is 0.312 e. The highest BCUT2D eigenvalue weighted by Crippen LogP contribution is 2.48. The Kier molecular flexibility index (Phi) is 2.32. The lowest BCUT2D eigenvalue weighted by Gasteiger charge is -2.25. The maximum absolute atomic E-state index is 3.85. The fraction of sp³-hybridized carbons (Fsp3) is 1.00. The van der Waals surface area contributed by atoms with Crippen LogP contribution >= 0.6 is 11.8 Å². The van der Waals surface area contributed by atoms with E-state index in [1.165, 1.54) is 45.1 Å². The van der Waals surface area contributed by atoms with Crippen molar-refractivity contribution in [2.45, 2.75) is 49.3 Å². The molecule has 3 rings (SSSR count). The van der Waals surface area contributed by atoms with Crippen molar-refractivity contribution in [2.24, 2.45) is 11.8 Å². The fourth-order valence-corrected chi connectivity index (χ4v) is 4.14. The summed E-state index contributed by atoms with van der Waals surface area (Å²) < 4.78 is 0.655. The summed E-state index contributed by atoms with van der Waals surface area (Å²) in [6.45, 7) is 1.28. The van der Waals surface area contributed by atoms with E-state index < -0.39 is 0 Å². The second kappa shape index (κ2) is 3.41. The summed E-state index contributed by atoms with van der Waals surface area (Å²) in [7, 11) is 0. The van der Waals surface area contributed by atoms with Crippen molar-refractivity contribution in [2.75, 3.05) is 12.8 Å². The molecule has 2 heteroatoms. The highest BCUT2D eigenvalue weighted by atomic mass is 32.2. The Morgan fingerprint density at radius 1 is 1.29 bits per heavy atom. The van der Waals surface area contributed by atoms with Crippen molar-refractivity contribution >= 4 is 11.8 Å². The van der Waals surface area contributed by atoms with Gasteiger partial charge in [0.05, 0.1) is 0 Å². The Hall–Kier alpha value is 0.310. The molecule has 2 bridgehead atoms. The standard InChI is InChI=1S/C12H21NS/c1-14-12(4-5-12)8-13-11-7-9-2-3-10(11)6-9/h9-11,13H,2-8H2,1H3. The maximum atomic E-state index is 3.85. The van der Waals surface area contributed by atoms with E-state index in [-0.39, 0.29) is 0 Å². The van der Waals surface area contributed by atoms with Gasteiger partial charge in [-0.2, -0.15) is 11.8 Å². The Labute approximate surface area is 91.4 Å². The average Bonchev–Trinajstić information content (AvgIpc) is 2.69. The molecule has 3 aliphatic carbocycles. The molecular weight excluding hydrogens is 190 g/mol. The number of fused-ring (bicyclic) bond motifs is 2. The van der Waals surface area contributed by atoms with Gasteiger partial charge in [-0.1, -0.05) is 6.42 Å². The number of rotatable bonds is 4. The first-order chi connectivity index (χ1) is 6.81. The van der Waals surface area contributed by atoms with Gasteiger partial charge in [-0.05, 0) is 50.2 Å². The van der Waals surface area contributed by atoms with Crippen LogP contribution in [0, 0.1) is 11.8 Å². The van der Waals surface area contributed by atoms with E-state index in [9.17, 15) is 0 Å². The van der Waals surface area contributed by atoms with Crippen LogP contribution in [0.2, 0.25) is 0 Å². The van der Waals surface area contributed by atoms with Crippen LogP contribution in [0.3, 0.4) is 0 Å². The van der Waals surface area contributed by atoms with Crippen LogP contribution < -0.4 is 5.32 Å². The van der Waals surface area contributed by atoms with Crippen LogP contribution in [-0.4, -0.2) is 23.6 Å². The number of hydrogen-bond acceptors (Lipinski definition) is 2. The quantitative estimate of drug-likeness (QED) is 0.767. The molecule has 3 fully saturated rings. The van der Waals surface area contributed by atoms with Crippen LogP contribution in [-0.2, 0) is 0 Å². The van der Waals surface area contributed by atoms with Crippen molar-refractivity contribution in [1.82, 2.24) is 5.32 Å². The Morgan fingerprint density at radius 2 is 2.14 bits per heavy atom. The van der Waals surface area contributed by atoms with E-state index in [1.54, 1.807) is 0 Å². The minimum absolute atomic E-state index is 0.655. The minimum Gasteiger partial charge on any atom is -0.312 e. The molecule has 80 valence electrons. The molecule has 0 heterocycles. The summed E-state index contributed by atoms with van der Waals surface area (Å²) in [6, 6.07) is 0.887. The molecule has 0 spiro atoms. The van der Waals surface area contributed by atoms with Gasteiger partial charge in [0.1, 0.15) is 0 Å². The lowest BCUT2D eigenvalue weighted by molar-refractivity contribution is 0.351. The van der Waals surface area contributed by atoms with Crippen molar-refractivity contribution < 1.29 is 0 Å². The number of nitrogens with one attached hydrogen (secondary N) is 1. The van der Waals surface area contributed by atoms with Gasteiger partial charge in [-0.25, -0.2) is 0 Å². The first kappa shape index (κ1) is 9.53. The molecule has 3 unspecified atom stereocenters. The second-order valence-corrected chi connectivity index (χ2v) is 6.82. The molecular formula is C12H21NS. The van der Waals surface area contributed by atoms with E-state index in [0.717, 1.165) is 17.9 Å². The van der Waals surface area contributed by atoms with Crippen molar-refractivity contribution in [1.29, 1.82) is 0 Å². The predicted octanol–water partition coefficient (Wildman–Crippen LogP) is 2.66. The average molecular weight is 211 g/mol. The van der Waals surface area contributed by atoms with E-state index in [1.807, 2.05) is 0 Å². The normalized spacial score (nSPS) is 43.1. The van der Waals surface area contributed by atoms with Gasteiger partial charge in [-0.15, -0.1) is 0 Å². The molecule has 3 aliphatic rings. The van der Waals surface area contributed by atoms with Gasteiger partial charge in [0.15, 0.2) is 0 Å². The third kappa shape index (κ3) is 1.61. The van der Waals surface area contributed by atoms with Gasteiger partial charge in [-0.3, -0.25) is 0 Å². The smallest absolute Gasteiger partial charge is 0.0282 e. The highest BCUT2D eigenvalue weighted by molar-refractivity contribution is 8.00. The first-order valence-electron chi connectivity index (χ1n) is 6.10. The van der Waals surface area contributed by atoms with E-state index in [0.29, 0.717) is 4.75 Å². The zero-order chi connectivity index (χ0) is 9.60. The topological polar surface area (TPSA) is 12.0 Å². The fourth-order valence-electron chi connectivity index (χ4n) is 3.40. The van der Waals surface area contributed by atoms with Crippen LogP contribution in [0.15, 0.2) is 0 Å². The van der Waals surface area contributed by atoms with Gasteiger partial charge in [0.2, 0.25) is 0 Å². The molecule has 1 N–H and O–H groups in total. The van der Waals surface area contributed by atoms with Crippen molar-refractivity contribution in [3.8, 4) is 0 Å². The molecule has 0 aliphatic heterocycles. The molecule has 14 heavy (non-hydrogen) atoms. The SMILES string of the molecule is CSC1(CNC2CC3CCC2C3)CC1. The van der Waals surface area contributed by atoms with Gasteiger partial charge >= 0.3 is 0 Å². The zero-order valence-corrected chi connectivity index (χ0v) is 9.91. The molecule has 1 nitrogen and oxygen atoms in total. The minimum atomic E-state index is 0.655. The molecule has 3 atom stereocenters. The lowest BCUT2D eigenvalue weighted by atomic mass is 9.95. The molecule has 0 amide bonds. The predicted molar refractivity (Wildman–Crippen MR) is 62.7 cm³/mol. The Bertz CT molecular complexity index is 224. The molecule has 0 saturated heterocycles. The number of hydrogen-bond donors (Lipinski definition) is 1. The third-order valence-electron chi connectivity index (χ3n) is 4.67. The molecule has 0 aromatic rings. The summed E-state index contributed by atoms with van der Waals surface area (Å²) in [5.74, 6) is 2.12. The van der Waals surface area contributed by atoms with Crippen molar-refractivity contribution in [3.63, 3.8) is 0 Å². The summed E-state index contributed by atoms with van der Waals surface area (Å²) in [6.07, 6.45) is 11.2. The Balaban J connectivity index is 1.49. The monoisotopic (exact) mass is 211 g/mol. The molecule has 0 aromatic carbocycles. The summed E-state index contributed by atoms with van der Waals surface area (Å²) >= 11 is 2.08. The third-order valence-corrected chi connectivity index (χ3v) is 6.08. The van der Waals surface area contributed by atoms with Gasteiger partial charge in [0.25, 0.3) is 0 Å². The summed E-state index contributed by atoms with van der Waals surface area (Å²) in [5.41, 5.74) is 0. The summed E-state index contributed by atoms with van der Waals surface area (Å²) in [4.78, 5) is 0. The molecule has 0 radical (unpaired) electrons. The lowest BCUT2D eigenvalue weighted by Crippen LogP contribution is -2.38. The van der Waals surface area contributed by atoms with E-state index in [2.05, 4.69) is 23.3 Å². The van der Waals surface area contributed by atoms with E-state index >= 15 is 0 Å². The maximum Gasteiger partial charge on any atom is 0.0282 e. The first-order valence-corrected chi connectivity index (χ1v) is 7.32. The Morgan fingerprint density at radius 3 is 2.64 bits per heavy atom. The van der Waals surface area contributed by atoms with Crippen LogP contribution in [0.25, 0.3) is 0 Å². The van der Waals surface area contributed by atoms with Crippen LogP contribution in [0.1, 0.15) is 38.5 Å². The van der Waals surface area contributed by atoms with Crippen LogP contribution in [0.4, 0.5) is 0 Å². The van der Waals surface area contributed by atoms with Gasteiger partial charge < -0.3 is 5.32 Å². The number of thioether (sulfide) groups is 1. The summed E-state index contributed by atoms with van der Waals surface area (Å²) in [5, 5.41) is 3.85. The van der Waals surface area contributed by atoms with E-state index in [4.69, 9.17) is 0 Å². The van der Waals surface area contributed by atoms with Crippen LogP contribution in [0.5, 0.6) is 0 Å². The molecule has 0 aromatic heterocycles. The zero-order valence-electron chi connectivity index (χ0n) is 9.09.